The predicted octanol–water partition coefficient (Wildman–Crippen LogP) is 1.52. The number of nitrogens with zero attached hydrogens (tertiary/aromatic N) is 4. The summed E-state index contributed by atoms with van der Waals surface area (Å²) < 4.78 is 7.21. The van der Waals surface area contributed by atoms with Gasteiger partial charge in [-0.25, -0.2) is 9.50 Å². The average molecular weight is 335 g/mol. The summed E-state index contributed by atoms with van der Waals surface area (Å²) in [4.78, 5) is 20.9. The smallest absolute Gasteiger partial charge is 0.253 e. The average Bonchev–Trinajstić information content (AvgIpc) is 3.13. The quantitative estimate of drug-likeness (QED) is 0.834. The standard InChI is InChI=1S/C15H21N5O2S/c1-9-7-10(2)20-14(17-9)18-15(19-20)23-11(3)13(21)16-8-12-5-4-6-22-12/h7,11-12H,4-6,8H2,1-3H3,(H,16,21)/t11-,12+/m1/s1. The molecule has 1 fully saturated rings. The minimum Gasteiger partial charge on any atom is -0.376 e. The first kappa shape index (κ1) is 16.2. The molecule has 2 aromatic heterocycles. The SMILES string of the molecule is Cc1cc(C)n2nc(S[C@H](C)C(=O)NC[C@@H]3CCCO3)nc2n1. The number of carbonyl (C=O) groups excluding carboxylic acids is 1. The first-order valence-electron chi connectivity index (χ1n) is 7.80. The third-order valence-corrected chi connectivity index (χ3v) is 4.73. The topological polar surface area (TPSA) is 81.4 Å². The number of fused-ring (bicyclic) bond motifs is 1. The Bertz CT molecular complexity index is 711. The fourth-order valence-electron chi connectivity index (χ4n) is 2.57. The Hall–Kier alpha value is -1.67. The summed E-state index contributed by atoms with van der Waals surface area (Å²) in [6, 6.07) is 1.95. The molecule has 2 atom stereocenters. The maximum absolute atomic E-state index is 12.2. The van der Waals surface area contributed by atoms with Gasteiger partial charge in [0.05, 0.1) is 11.4 Å². The predicted molar refractivity (Wildman–Crippen MR) is 87.6 cm³/mol. The van der Waals surface area contributed by atoms with Gasteiger partial charge in [-0.1, -0.05) is 11.8 Å². The van der Waals surface area contributed by atoms with Gasteiger partial charge in [0.1, 0.15) is 0 Å². The number of aryl methyl sites for hydroxylation is 2. The van der Waals surface area contributed by atoms with Crippen molar-refractivity contribution in [3.63, 3.8) is 0 Å². The molecular formula is C15H21N5O2S. The summed E-state index contributed by atoms with van der Waals surface area (Å²) in [6.07, 6.45) is 2.24. The second-order valence-electron chi connectivity index (χ2n) is 5.79. The van der Waals surface area contributed by atoms with Crippen LogP contribution in [0, 0.1) is 13.8 Å². The maximum atomic E-state index is 12.2. The summed E-state index contributed by atoms with van der Waals surface area (Å²) in [5, 5.41) is 7.64. The molecule has 1 aliphatic heterocycles. The third kappa shape index (κ3) is 3.81. The highest BCUT2D eigenvalue weighted by molar-refractivity contribution is 8.00. The number of aromatic nitrogens is 4. The fourth-order valence-corrected chi connectivity index (χ4v) is 3.34. The zero-order chi connectivity index (χ0) is 16.4. The van der Waals surface area contributed by atoms with Crippen molar-refractivity contribution < 1.29 is 9.53 Å². The normalized spacial score (nSPS) is 19.2. The highest BCUT2D eigenvalue weighted by Crippen LogP contribution is 2.21. The fraction of sp³-hybridized carbons (Fsp3) is 0.600. The second-order valence-corrected chi connectivity index (χ2v) is 7.09. The molecule has 1 amide bonds. The number of amides is 1. The Balaban J connectivity index is 1.61. The van der Waals surface area contributed by atoms with Crippen molar-refractivity contribution in [1.82, 2.24) is 24.9 Å². The van der Waals surface area contributed by atoms with E-state index in [0.717, 1.165) is 30.8 Å². The van der Waals surface area contributed by atoms with Crippen LogP contribution in [0.5, 0.6) is 0 Å². The van der Waals surface area contributed by atoms with E-state index in [1.807, 2.05) is 26.8 Å². The van der Waals surface area contributed by atoms with Gasteiger partial charge >= 0.3 is 0 Å². The number of rotatable bonds is 5. The van der Waals surface area contributed by atoms with E-state index in [-0.39, 0.29) is 17.3 Å². The Morgan fingerprint density at radius 2 is 2.35 bits per heavy atom. The number of carbonyl (C=O) groups is 1. The molecule has 1 N–H and O–H groups in total. The molecule has 23 heavy (non-hydrogen) atoms. The lowest BCUT2D eigenvalue weighted by Gasteiger charge is -2.13. The molecule has 2 aromatic rings. The van der Waals surface area contributed by atoms with Crippen LogP contribution < -0.4 is 5.32 Å². The lowest BCUT2D eigenvalue weighted by atomic mass is 10.2. The van der Waals surface area contributed by atoms with E-state index in [4.69, 9.17) is 4.74 Å². The number of ether oxygens (including phenoxy) is 1. The van der Waals surface area contributed by atoms with E-state index >= 15 is 0 Å². The van der Waals surface area contributed by atoms with Crippen LogP contribution >= 0.6 is 11.8 Å². The molecule has 1 aliphatic rings. The molecular weight excluding hydrogens is 314 g/mol. The second kappa shape index (κ2) is 6.84. The van der Waals surface area contributed by atoms with Crippen molar-refractivity contribution in [3.8, 4) is 0 Å². The van der Waals surface area contributed by atoms with Crippen LogP contribution in [0.15, 0.2) is 11.2 Å². The lowest BCUT2D eigenvalue weighted by Crippen LogP contribution is -2.36. The van der Waals surface area contributed by atoms with Gasteiger partial charge in [-0.2, -0.15) is 4.98 Å². The molecule has 0 bridgehead atoms. The monoisotopic (exact) mass is 335 g/mol. The van der Waals surface area contributed by atoms with Gasteiger partial charge in [-0.3, -0.25) is 4.79 Å². The molecule has 0 spiro atoms. The zero-order valence-electron chi connectivity index (χ0n) is 13.6. The van der Waals surface area contributed by atoms with Crippen LogP contribution in [-0.4, -0.2) is 50.0 Å². The summed E-state index contributed by atoms with van der Waals surface area (Å²) in [6.45, 7) is 7.11. The molecule has 0 unspecified atom stereocenters. The molecule has 0 saturated carbocycles. The van der Waals surface area contributed by atoms with Gasteiger partial charge in [0.2, 0.25) is 11.1 Å². The van der Waals surface area contributed by atoms with E-state index in [2.05, 4.69) is 20.4 Å². The van der Waals surface area contributed by atoms with Gasteiger partial charge in [0.25, 0.3) is 5.78 Å². The van der Waals surface area contributed by atoms with Crippen LogP contribution in [0.1, 0.15) is 31.2 Å². The highest BCUT2D eigenvalue weighted by Gasteiger charge is 2.21. The van der Waals surface area contributed by atoms with E-state index in [1.165, 1.54) is 11.8 Å². The van der Waals surface area contributed by atoms with Crippen LogP contribution in [0.4, 0.5) is 0 Å². The Kier molecular flexibility index (Phi) is 4.82. The summed E-state index contributed by atoms with van der Waals surface area (Å²) in [7, 11) is 0. The molecule has 0 radical (unpaired) electrons. The van der Waals surface area contributed by atoms with E-state index in [0.29, 0.717) is 17.5 Å². The van der Waals surface area contributed by atoms with Crippen molar-refractivity contribution in [2.75, 3.05) is 13.2 Å². The van der Waals surface area contributed by atoms with Gasteiger partial charge < -0.3 is 10.1 Å². The van der Waals surface area contributed by atoms with Crippen LogP contribution in [0.2, 0.25) is 0 Å². The van der Waals surface area contributed by atoms with Crippen molar-refractivity contribution in [3.05, 3.63) is 17.5 Å². The highest BCUT2D eigenvalue weighted by atomic mass is 32.2. The molecule has 1 saturated heterocycles. The van der Waals surface area contributed by atoms with E-state index in [9.17, 15) is 4.79 Å². The molecule has 7 nitrogen and oxygen atoms in total. The minimum absolute atomic E-state index is 0.0229. The molecule has 3 rings (SSSR count). The molecule has 8 heteroatoms. The van der Waals surface area contributed by atoms with Crippen molar-refractivity contribution in [2.45, 2.75) is 50.1 Å². The molecule has 3 heterocycles. The Morgan fingerprint density at radius 3 is 3.09 bits per heavy atom. The largest absolute Gasteiger partial charge is 0.376 e. The number of hydrogen-bond acceptors (Lipinski definition) is 6. The first-order valence-corrected chi connectivity index (χ1v) is 8.68. The van der Waals surface area contributed by atoms with Crippen LogP contribution in [-0.2, 0) is 9.53 Å². The Labute approximate surface area is 139 Å². The van der Waals surface area contributed by atoms with E-state index < -0.39 is 0 Å². The summed E-state index contributed by atoms with van der Waals surface area (Å²) >= 11 is 1.34. The maximum Gasteiger partial charge on any atom is 0.253 e. The number of hydrogen-bond donors (Lipinski definition) is 1. The first-order chi connectivity index (χ1) is 11.0. The van der Waals surface area contributed by atoms with E-state index in [1.54, 1.807) is 4.52 Å². The van der Waals surface area contributed by atoms with Crippen molar-refractivity contribution in [1.29, 1.82) is 0 Å². The minimum atomic E-state index is -0.268. The van der Waals surface area contributed by atoms with Crippen molar-refractivity contribution in [2.24, 2.45) is 0 Å². The Morgan fingerprint density at radius 1 is 1.52 bits per heavy atom. The van der Waals surface area contributed by atoms with Gasteiger partial charge in [-0.05, 0) is 39.7 Å². The number of nitrogens with one attached hydrogen (secondary N) is 1. The molecule has 0 aromatic carbocycles. The van der Waals surface area contributed by atoms with Gasteiger partial charge in [0, 0.05) is 24.5 Å². The summed E-state index contributed by atoms with van der Waals surface area (Å²) in [5.41, 5.74) is 1.88. The summed E-state index contributed by atoms with van der Waals surface area (Å²) in [5.74, 6) is 0.544. The molecule has 124 valence electrons. The zero-order valence-corrected chi connectivity index (χ0v) is 14.4. The van der Waals surface area contributed by atoms with Crippen molar-refractivity contribution >= 4 is 23.4 Å². The van der Waals surface area contributed by atoms with Crippen LogP contribution in [0.25, 0.3) is 5.78 Å². The molecule has 0 aliphatic carbocycles. The van der Waals surface area contributed by atoms with Gasteiger partial charge in [0.15, 0.2) is 0 Å². The van der Waals surface area contributed by atoms with Crippen LogP contribution in [0.3, 0.4) is 0 Å². The third-order valence-electron chi connectivity index (χ3n) is 3.78. The number of thioether (sulfide) groups is 1. The van der Waals surface area contributed by atoms with Gasteiger partial charge in [-0.15, -0.1) is 5.10 Å². The lowest BCUT2D eigenvalue weighted by molar-refractivity contribution is -0.120.